The molecule has 5 nitrogen and oxygen atoms in total. The molecule has 3 aromatic rings. The summed E-state index contributed by atoms with van der Waals surface area (Å²) in [5.41, 5.74) is 4.70. The second-order valence-electron chi connectivity index (χ2n) is 11.8. The van der Waals surface area contributed by atoms with Crippen molar-refractivity contribution >= 4 is 23.2 Å². The van der Waals surface area contributed by atoms with Gasteiger partial charge >= 0.3 is 0 Å². The number of piperidine rings is 1. The minimum absolute atomic E-state index is 0.0868. The minimum atomic E-state index is -0.526. The number of carbonyl (C=O) groups excluding carboxylic acids is 2. The third kappa shape index (κ3) is 5.63. The predicted octanol–water partition coefficient (Wildman–Crippen LogP) is 7.60. The van der Waals surface area contributed by atoms with E-state index in [0.29, 0.717) is 36.9 Å². The number of halogens is 1. The largest absolute Gasteiger partial charge is 0.382 e. The molecule has 0 radical (unpaired) electrons. The summed E-state index contributed by atoms with van der Waals surface area (Å²) in [6.07, 6.45) is 8.66. The molecule has 0 bridgehead atoms. The first-order chi connectivity index (χ1) is 19.5. The maximum atomic E-state index is 14.9. The number of aryl methyl sites for hydroxylation is 1. The van der Waals surface area contributed by atoms with Crippen LogP contribution in [0.15, 0.2) is 66.7 Å². The lowest BCUT2D eigenvalue weighted by molar-refractivity contribution is -0.123. The molecule has 40 heavy (non-hydrogen) atoms. The summed E-state index contributed by atoms with van der Waals surface area (Å²) in [7, 11) is 0. The Morgan fingerprint density at radius 3 is 2.15 bits per heavy atom. The van der Waals surface area contributed by atoms with Gasteiger partial charge in [-0.25, -0.2) is 4.39 Å². The predicted molar refractivity (Wildman–Crippen MR) is 157 cm³/mol. The van der Waals surface area contributed by atoms with Crippen molar-refractivity contribution in [2.75, 3.05) is 17.2 Å². The number of amides is 2. The number of carbonyl (C=O) groups is 2. The monoisotopic (exact) mass is 539 g/mol. The average Bonchev–Trinajstić information content (AvgIpc) is 3.69. The normalized spacial score (nSPS) is 21.3. The first-order valence-electron chi connectivity index (χ1n) is 14.8. The van der Waals surface area contributed by atoms with Gasteiger partial charge < -0.3 is 15.5 Å². The average molecular weight is 540 g/mol. The smallest absolute Gasteiger partial charge is 0.257 e. The van der Waals surface area contributed by atoms with Gasteiger partial charge in [-0.1, -0.05) is 49.2 Å². The number of nitrogens with zero attached hydrogens (tertiary/aromatic N) is 1. The highest BCUT2D eigenvalue weighted by Crippen LogP contribution is 2.41. The van der Waals surface area contributed by atoms with E-state index in [1.54, 1.807) is 24.0 Å². The summed E-state index contributed by atoms with van der Waals surface area (Å²) in [5.74, 6) is -0.802. The fraction of sp³-hybridized carbons (Fsp3) is 0.412. The van der Waals surface area contributed by atoms with E-state index in [0.717, 1.165) is 16.9 Å². The number of hydrogen-bond donors (Lipinski definition) is 2. The molecule has 2 N–H and O–H groups in total. The Bertz CT molecular complexity index is 1340. The van der Waals surface area contributed by atoms with Crippen molar-refractivity contribution in [3.05, 3.63) is 94.8 Å². The molecule has 3 aliphatic rings. The Balaban J connectivity index is 1.29. The highest BCUT2D eigenvalue weighted by atomic mass is 19.1. The molecule has 6 rings (SSSR count). The van der Waals surface area contributed by atoms with Gasteiger partial charge in [0.2, 0.25) is 5.91 Å². The van der Waals surface area contributed by atoms with E-state index < -0.39 is 17.8 Å². The molecule has 208 valence electrons. The van der Waals surface area contributed by atoms with Crippen LogP contribution in [0.2, 0.25) is 0 Å². The molecule has 2 saturated carbocycles. The van der Waals surface area contributed by atoms with Gasteiger partial charge in [0, 0.05) is 24.0 Å². The Morgan fingerprint density at radius 2 is 1.48 bits per heavy atom. The summed E-state index contributed by atoms with van der Waals surface area (Å²) in [6.45, 7) is 2.23. The fourth-order valence-corrected chi connectivity index (χ4v) is 6.53. The summed E-state index contributed by atoms with van der Waals surface area (Å²) in [5, 5.41) is 6.74. The second-order valence-corrected chi connectivity index (χ2v) is 11.8. The quantitative estimate of drug-likeness (QED) is 0.325. The van der Waals surface area contributed by atoms with E-state index in [2.05, 4.69) is 22.8 Å². The van der Waals surface area contributed by atoms with E-state index in [-0.39, 0.29) is 17.4 Å². The van der Waals surface area contributed by atoms with Crippen LogP contribution in [-0.2, 0) is 4.79 Å². The number of anilines is 2. The number of likely N-dealkylation sites (tertiary alicyclic amines) is 1. The summed E-state index contributed by atoms with van der Waals surface area (Å²) >= 11 is 0. The SMILES string of the molecule is Cc1cccc(F)c1C(=O)N1CCC[C@H](C(=O)Nc2ccc(C3CC3)cc2)[C@@H]1c1ccc(NC2CCCC2)cc1. The van der Waals surface area contributed by atoms with Gasteiger partial charge in [0.15, 0.2) is 0 Å². The van der Waals surface area contributed by atoms with E-state index in [1.807, 2.05) is 36.4 Å². The molecular weight excluding hydrogens is 501 g/mol. The van der Waals surface area contributed by atoms with Gasteiger partial charge in [-0.05, 0) is 98.4 Å². The molecule has 6 heteroatoms. The molecule has 0 spiro atoms. The van der Waals surface area contributed by atoms with Crippen molar-refractivity contribution in [1.82, 2.24) is 4.90 Å². The van der Waals surface area contributed by atoms with Gasteiger partial charge in [0.25, 0.3) is 5.91 Å². The molecule has 0 aromatic heterocycles. The highest BCUT2D eigenvalue weighted by molar-refractivity contribution is 5.98. The van der Waals surface area contributed by atoms with Crippen LogP contribution in [0.5, 0.6) is 0 Å². The zero-order valence-corrected chi connectivity index (χ0v) is 23.2. The van der Waals surface area contributed by atoms with Crippen molar-refractivity contribution in [3.63, 3.8) is 0 Å². The standard InChI is InChI=1S/C34H38FN3O2/c1-22-6-4-10-30(35)31(22)34(40)38-21-5-9-29(33(39)37-28-17-13-24(14-18-28)23-11-12-23)32(38)25-15-19-27(20-16-25)36-26-7-2-3-8-26/h4,6,10,13-20,23,26,29,32,36H,2-3,5,7-9,11-12,21H2,1H3,(H,37,39)/t29-,32-/m0/s1. The first kappa shape index (κ1) is 26.5. The number of hydrogen-bond acceptors (Lipinski definition) is 3. The topological polar surface area (TPSA) is 61.4 Å². The van der Waals surface area contributed by atoms with E-state index in [9.17, 15) is 14.0 Å². The van der Waals surface area contributed by atoms with Gasteiger partial charge in [0.05, 0.1) is 17.5 Å². The van der Waals surface area contributed by atoms with Crippen LogP contribution in [0.1, 0.15) is 90.4 Å². The van der Waals surface area contributed by atoms with Crippen LogP contribution in [0.3, 0.4) is 0 Å². The summed E-state index contributed by atoms with van der Waals surface area (Å²) in [6, 6.07) is 21.0. The van der Waals surface area contributed by atoms with Gasteiger partial charge in [-0.15, -0.1) is 0 Å². The number of benzene rings is 3. The van der Waals surface area contributed by atoms with Crippen molar-refractivity contribution in [1.29, 1.82) is 0 Å². The highest BCUT2D eigenvalue weighted by Gasteiger charge is 2.40. The van der Waals surface area contributed by atoms with Crippen molar-refractivity contribution in [2.45, 2.75) is 76.3 Å². The van der Waals surface area contributed by atoms with Crippen LogP contribution in [0.4, 0.5) is 15.8 Å². The maximum Gasteiger partial charge on any atom is 0.257 e. The molecule has 3 fully saturated rings. The minimum Gasteiger partial charge on any atom is -0.382 e. The van der Waals surface area contributed by atoms with E-state index in [4.69, 9.17) is 0 Å². The summed E-state index contributed by atoms with van der Waals surface area (Å²) in [4.78, 5) is 29.4. The van der Waals surface area contributed by atoms with E-state index >= 15 is 0 Å². The van der Waals surface area contributed by atoms with Crippen molar-refractivity contribution in [3.8, 4) is 0 Å². The molecule has 1 aliphatic heterocycles. The molecule has 2 atom stereocenters. The summed E-state index contributed by atoms with van der Waals surface area (Å²) < 4.78 is 14.9. The zero-order valence-electron chi connectivity index (χ0n) is 23.2. The van der Waals surface area contributed by atoms with Crippen LogP contribution < -0.4 is 10.6 Å². The third-order valence-corrected chi connectivity index (χ3v) is 8.87. The first-order valence-corrected chi connectivity index (χ1v) is 14.8. The van der Waals surface area contributed by atoms with Crippen molar-refractivity contribution in [2.24, 2.45) is 5.92 Å². The number of rotatable bonds is 7. The Hall–Kier alpha value is -3.67. The number of nitrogens with one attached hydrogen (secondary N) is 2. The Kier molecular flexibility index (Phi) is 7.59. The molecule has 2 amide bonds. The van der Waals surface area contributed by atoms with Gasteiger partial charge in [-0.3, -0.25) is 9.59 Å². The lowest BCUT2D eigenvalue weighted by Crippen LogP contribution is -2.46. The van der Waals surface area contributed by atoms with Crippen LogP contribution in [0.25, 0.3) is 0 Å². The maximum absolute atomic E-state index is 14.9. The van der Waals surface area contributed by atoms with Crippen LogP contribution in [0, 0.1) is 18.7 Å². The molecular formula is C34H38FN3O2. The van der Waals surface area contributed by atoms with Gasteiger partial charge in [0.1, 0.15) is 5.82 Å². The molecule has 0 unspecified atom stereocenters. The second kappa shape index (κ2) is 11.4. The van der Waals surface area contributed by atoms with Crippen LogP contribution >= 0.6 is 0 Å². The van der Waals surface area contributed by atoms with Crippen LogP contribution in [-0.4, -0.2) is 29.3 Å². The zero-order chi connectivity index (χ0) is 27.6. The molecule has 1 heterocycles. The van der Waals surface area contributed by atoms with Crippen molar-refractivity contribution < 1.29 is 14.0 Å². The van der Waals surface area contributed by atoms with Gasteiger partial charge in [-0.2, -0.15) is 0 Å². The molecule has 3 aromatic carbocycles. The molecule has 1 saturated heterocycles. The Morgan fingerprint density at radius 1 is 0.800 bits per heavy atom. The lowest BCUT2D eigenvalue weighted by Gasteiger charge is -2.41. The lowest BCUT2D eigenvalue weighted by atomic mass is 9.83. The van der Waals surface area contributed by atoms with E-state index in [1.165, 1.54) is 50.2 Å². The Labute approximate surface area is 236 Å². The molecule has 2 aliphatic carbocycles. The fourth-order valence-electron chi connectivity index (χ4n) is 6.53. The third-order valence-electron chi connectivity index (χ3n) is 8.87.